The molecule has 0 aromatic carbocycles. The first-order valence-electron chi connectivity index (χ1n) is 4.55. The van der Waals surface area contributed by atoms with Gasteiger partial charge in [0.05, 0.1) is 14.7 Å². The standard InChI is InChI=1S/C11H5Br2NOS2/c12-7-4-9(17-11(7)13)10(15)6(5-14)8-2-1-3-16-8/h1-4,6H. The molecule has 2 aromatic heterocycles. The van der Waals surface area contributed by atoms with Crippen LogP contribution >= 0.6 is 54.5 Å². The molecule has 0 aliphatic rings. The van der Waals surface area contributed by atoms with Gasteiger partial charge in [0.25, 0.3) is 0 Å². The summed E-state index contributed by atoms with van der Waals surface area (Å²) in [5, 5.41) is 11.0. The number of carbonyl (C=O) groups is 1. The van der Waals surface area contributed by atoms with E-state index >= 15 is 0 Å². The van der Waals surface area contributed by atoms with Crippen LogP contribution in [0.4, 0.5) is 0 Å². The van der Waals surface area contributed by atoms with Gasteiger partial charge in [0.1, 0.15) is 5.92 Å². The van der Waals surface area contributed by atoms with Crippen LogP contribution < -0.4 is 0 Å². The average Bonchev–Trinajstić information content (AvgIpc) is 2.91. The first kappa shape index (κ1) is 13.0. The predicted molar refractivity (Wildman–Crippen MR) is 76.7 cm³/mol. The van der Waals surface area contributed by atoms with Crippen molar-refractivity contribution in [2.75, 3.05) is 0 Å². The Morgan fingerprint density at radius 3 is 2.71 bits per heavy atom. The monoisotopic (exact) mass is 389 g/mol. The van der Waals surface area contributed by atoms with Gasteiger partial charge in [-0.2, -0.15) is 5.26 Å². The molecule has 1 unspecified atom stereocenters. The van der Waals surface area contributed by atoms with Gasteiger partial charge in [-0.3, -0.25) is 4.79 Å². The third-order valence-corrected chi connectivity index (χ3v) is 6.31. The van der Waals surface area contributed by atoms with Crippen LogP contribution in [-0.4, -0.2) is 5.78 Å². The zero-order valence-corrected chi connectivity index (χ0v) is 13.1. The molecule has 0 spiro atoms. The molecule has 2 heterocycles. The number of hydrogen-bond acceptors (Lipinski definition) is 4. The summed E-state index contributed by atoms with van der Waals surface area (Å²) in [6, 6.07) is 7.47. The van der Waals surface area contributed by atoms with E-state index in [1.54, 1.807) is 6.07 Å². The molecule has 0 saturated heterocycles. The molecule has 0 amide bonds. The number of ketones is 1. The zero-order valence-electron chi connectivity index (χ0n) is 8.31. The SMILES string of the molecule is N#CC(C(=O)c1cc(Br)c(Br)s1)c1cccs1. The average molecular weight is 391 g/mol. The summed E-state index contributed by atoms with van der Waals surface area (Å²) in [6.07, 6.45) is 0. The number of halogens is 2. The van der Waals surface area contributed by atoms with Crippen LogP contribution in [0, 0.1) is 11.3 Å². The van der Waals surface area contributed by atoms with Gasteiger partial charge in [-0.1, -0.05) is 6.07 Å². The molecule has 2 aromatic rings. The Labute approximate surface area is 123 Å². The summed E-state index contributed by atoms with van der Waals surface area (Å²) >= 11 is 9.44. The summed E-state index contributed by atoms with van der Waals surface area (Å²) in [7, 11) is 0. The first-order valence-corrected chi connectivity index (χ1v) is 7.83. The Morgan fingerprint density at radius 1 is 1.47 bits per heavy atom. The lowest BCUT2D eigenvalue weighted by molar-refractivity contribution is 0.0984. The Kier molecular flexibility index (Phi) is 4.15. The van der Waals surface area contributed by atoms with E-state index in [-0.39, 0.29) is 5.78 Å². The lowest BCUT2D eigenvalue weighted by atomic mass is 10.0. The minimum atomic E-state index is -0.701. The topological polar surface area (TPSA) is 40.9 Å². The Bertz CT molecular complexity index is 564. The quantitative estimate of drug-likeness (QED) is 0.704. The summed E-state index contributed by atoms with van der Waals surface area (Å²) in [5.74, 6) is -0.848. The molecule has 1 atom stereocenters. The summed E-state index contributed by atoms with van der Waals surface area (Å²) in [4.78, 5) is 13.6. The van der Waals surface area contributed by atoms with E-state index in [0.717, 1.165) is 13.1 Å². The number of nitriles is 1. The van der Waals surface area contributed by atoms with Crippen LogP contribution in [0.15, 0.2) is 31.8 Å². The van der Waals surface area contributed by atoms with Crippen molar-refractivity contribution >= 4 is 60.3 Å². The highest BCUT2D eigenvalue weighted by atomic mass is 79.9. The van der Waals surface area contributed by atoms with E-state index in [1.807, 2.05) is 17.5 Å². The minimum Gasteiger partial charge on any atom is -0.291 e. The fourth-order valence-corrected chi connectivity index (χ4v) is 4.09. The van der Waals surface area contributed by atoms with E-state index in [9.17, 15) is 4.79 Å². The Balaban J connectivity index is 2.34. The normalized spacial score (nSPS) is 12.1. The molecule has 2 nitrogen and oxygen atoms in total. The molecule has 0 saturated carbocycles. The van der Waals surface area contributed by atoms with Gasteiger partial charge in [0, 0.05) is 9.35 Å². The van der Waals surface area contributed by atoms with Crippen LogP contribution in [0.5, 0.6) is 0 Å². The lowest BCUT2D eigenvalue weighted by Gasteiger charge is -2.02. The highest BCUT2D eigenvalue weighted by Crippen LogP contribution is 2.35. The van der Waals surface area contributed by atoms with Gasteiger partial charge in [-0.15, -0.1) is 22.7 Å². The van der Waals surface area contributed by atoms with Crippen molar-refractivity contribution in [3.8, 4) is 6.07 Å². The molecule has 6 heteroatoms. The maximum absolute atomic E-state index is 12.2. The molecular weight excluding hydrogens is 386 g/mol. The predicted octanol–water partition coefficient (Wildman–Crippen LogP) is 4.82. The van der Waals surface area contributed by atoms with Crippen molar-refractivity contribution in [1.82, 2.24) is 0 Å². The molecule has 86 valence electrons. The summed E-state index contributed by atoms with van der Waals surface area (Å²) in [5.41, 5.74) is 0. The third-order valence-electron chi connectivity index (χ3n) is 2.11. The molecular formula is C11H5Br2NOS2. The smallest absolute Gasteiger partial charge is 0.195 e. The largest absolute Gasteiger partial charge is 0.291 e. The molecule has 0 aliphatic heterocycles. The van der Waals surface area contributed by atoms with Gasteiger partial charge in [-0.05, 0) is 49.4 Å². The van der Waals surface area contributed by atoms with Crippen LogP contribution in [0.2, 0.25) is 0 Å². The molecule has 0 bridgehead atoms. The van der Waals surface area contributed by atoms with Crippen LogP contribution in [-0.2, 0) is 0 Å². The van der Waals surface area contributed by atoms with Gasteiger partial charge in [0.2, 0.25) is 0 Å². The number of nitrogens with zero attached hydrogens (tertiary/aromatic N) is 1. The van der Waals surface area contributed by atoms with Gasteiger partial charge >= 0.3 is 0 Å². The molecule has 0 fully saturated rings. The summed E-state index contributed by atoms with van der Waals surface area (Å²) in [6.45, 7) is 0. The second-order valence-corrected chi connectivity index (χ2v) is 7.38. The van der Waals surface area contributed by atoms with Crippen molar-refractivity contribution in [3.63, 3.8) is 0 Å². The van der Waals surface area contributed by atoms with E-state index in [2.05, 4.69) is 37.9 Å². The number of Topliss-reactive ketones (excluding diaryl/α,β-unsaturated/α-hetero) is 1. The van der Waals surface area contributed by atoms with Gasteiger partial charge < -0.3 is 0 Å². The van der Waals surface area contributed by atoms with Crippen LogP contribution in [0.1, 0.15) is 20.5 Å². The number of carbonyl (C=O) groups excluding carboxylic acids is 1. The van der Waals surface area contributed by atoms with Crippen LogP contribution in [0.25, 0.3) is 0 Å². The number of thiophene rings is 2. The maximum Gasteiger partial charge on any atom is 0.195 e. The third kappa shape index (κ3) is 2.68. The second kappa shape index (κ2) is 5.44. The van der Waals surface area contributed by atoms with Crippen molar-refractivity contribution in [2.45, 2.75) is 5.92 Å². The second-order valence-electron chi connectivity index (χ2n) is 3.17. The van der Waals surface area contributed by atoms with Crippen molar-refractivity contribution in [1.29, 1.82) is 5.26 Å². The Morgan fingerprint density at radius 2 is 2.24 bits per heavy atom. The van der Waals surface area contributed by atoms with Crippen molar-refractivity contribution in [3.05, 3.63) is 41.6 Å². The van der Waals surface area contributed by atoms with Crippen molar-refractivity contribution in [2.24, 2.45) is 0 Å². The number of rotatable bonds is 3. The highest BCUT2D eigenvalue weighted by Gasteiger charge is 2.24. The van der Waals surface area contributed by atoms with Gasteiger partial charge in [-0.25, -0.2) is 0 Å². The fourth-order valence-electron chi connectivity index (χ4n) is 1.32. The van der Waals surface area contributed by atoms with Crippen LogP contribution in [0.3, 0.4) is 0 Å². The fraction of sp³-hybridized carbons (Fsp3) is 0.0909. The molecule has 0 aliphatic carbocycles. The van der Waals surface area contributed by atoms with E-state index < -0.39 is 5.92 Å². The molecule has 2 rings (SSSR count). The molecule has 17 heavy (non-hydrogen) atoms. The van der Waals surface area contributed by atoms with Crippen molar-refractivity contribution < 1.29 is 4.79 Å². The Hall–Kier alpha value is -0.480. The van der Waals surface area contributed by atoms with E-state index in [1.165, 1.54) is 22.7 Å². The maximum atomic E-state index is 12.2. The number of hydrogen-bond donors (Lipinski definition) is 0. The first-order chi connectivity index (χ1) is 8.13. The minimum absolute atomic E-state index is 0.147. The van der Waals surface area contributed by atoms with E-state index in [0.29, 0.717) is 4.88 Å². The molecule has 0 radical (unpaired) electrons. The van der Waals surface area contributed by atoms with E-state index in [4.69, 9.17) is 5.26 Å². The highest BCUT2D eigenvalue weighted by molar-refractivity contribution is 9.13. The summed E-state index contributed by atoms with van der Waals surface area (Å²) < 4.78 is 1.71. The molecule has 0 N–H and O–H groups in total. The zero-order chi connectivity index (χ0) is 12.4. The van der Waals surface area contributed by atoms with Gasteiger partial charge in [0.15, 0.2) is 5.78 Å². The lowest BCUT2D eigenvalue weighted by Crippen LogP contribution is -2.08.